The Morgan fingerprint density at radius 3 is 2.89 bits per heavy atom. The minimum atomic E-state index is 0.0401. The Kier molecular flexibility index (Phi) is 4.87. The van der Waals surface area contributed by atoms with Gasteiger partial charge in [-0.3, -0.25) is 4.79 Å². The molecule has 0 aromatic carbocycles. The van der Waals surface area contributed by atoms with Crippen LogP contribution in [0.5, 0.6) is 0 Å². The molecule has 0 atom stereocenters. The third kappa shape index (κ3) is 3.75. The van der Waals surface area contributed by atoms with E-state index < -0.39 is 0 Å². The van der Waals surface area contributed by atoms with Crippen LogP contribution < -0.4 is 5.73 Å². The second kappa shape index (κ2) is 6.63. The highest BCUT2D eigenvalue weighted by atomic mass is 16.2. The largest absolute Gasteiger partial charge is 0.336 e. The zero-order chi connectivity index (χ0) is 13.7. The first kappa shape index (κ1) is 14.0. The average molecular weight is 262 g/mol. The second-order valence-electron chi connectivity index (χ2n) is 4.94. The van der Waals surface area contributed by atoms with Crippen molar-refractivity contribution in [3.8, 4) is 0 Å². The highest BCUT2D eigenvalue weighted by Gasteiger charge is 2.20. The molecule has 0 bridgehead atoms. The van der Waals surface area contributed by atoms with Crippen molar-refractivity contribution in [1.29, 1.82) is 0 Å². The Morgan fingerprint density at radius 1 is 1.32 bits per heavy atom. The van der Waals surface area contributed by atoms with Gasteiger partial charge in [-0.2, -0.15) is 0 Å². The zero-order valence-electron chi connectivity index (χ0n) is 11.5. The van der Waals surface area contributed by atoms with Crippen molar-refractivity contribution >= 4 is 5.91 Å². The number of nitrogens with zero attached hydrogens (tertiary/aromatic N) is 3. The molecule has 104 valence electrons. The van der Waals surface area contributed by atoms with E-state index in [1.54, 1.807) is 6.07 Å². The van der Waals surface area contributed by atoms with E-state index in [4.69, 9.17) is 5.73 Å². The first-order valence-corrected chi connectivity index (χ1v) is 6.86. The molecule has 0 spiro atoms. The minimum Gasteiger partial charge on any atom is -0.336 e. The van der Waals surface area contributed by atoms with Gasteiger partial charge in [0.15, 0.2) is 0 Å². The third-order valence-electron chi connectivity index (χ3n) is 3.43. The molecular formula is C14H22N4O. The summed E-state index contributed by atoms with van der Waals surface area (Å²) >= 11 is 0. The summed E-state index contributed by atoms with van der Waals surface area (Å²) in [6, 6.07) is 5.58. The fraction of sp³-hybridized carbons (Fsp3) is 0.571. The monoisotopic (exact) mass is 262 g/mol. The summed E-state index contributed by atoms with van der Waals surface area (Å²) in [5.41, 5.74) is 7.01. The standard InChI is InChI=1S/C14H22N4O/c1-12-4-2-5-13(16-12)14(19)18-8-3-7-17(9-6-15)10-11-18/h2,4-5H,3,6-11,15H2,1H3. The van der Waals surface area contributed by atoms with Gasteiger partial charge in [-0.25, -0.2) is 4.98 Å². The third-order valence-corrected chi connectivity index (χ3v) is 3.43. The predicted octanol–water partition coefficient (Wildman–Crippen LogP) is 0.497. The van der Waals surface area contributed by atoms with E-state index >= 15 is 0 Å². The first-order chi connectivity index (χ1) is 9.20. The van der Waals surface area contributed by atoms with E-state index in [0.29, 0.717) is 12.2 Å². The Hall–Kier alpha value is -1.46. The van der Waals surface area contributed by atoms with Gasteiger partial charge in [0.25, 0.3) is 5.91 Å². The van der Waals surface area contributed by atoms with Gasteiger partial charge in [-0.1, -0.05) is 6.07 Å². The minimum absolute atomic E-state index is 0.0401. The maximum atomic E-state index is 12.4. The number of carbonyl (C=O) groups is 1. The summed E-state index contributed by atoms with van der Waals surface area (Å²) in [7, 11) is 0. The smallest absolute Gasteiger partial charge is 0.272 e. The summed E-state index contributed by atoms with van der Waals surface area (Å²) in [5.74, 6) is 0.0401. The molecule has 5 nitrogen and oxygen atoms in total. The summed E-state index contributed by atoms with van der Waals surface area (Å²) in [4.78, 5) is 20.9. The molecular weight excluding hydrogens is 240 g/mol. The molecule has 0 aliphatic carbocycles. The molecule has 0 radical (unpaired) electrons. The lowest BCUT2D eigenvalue weighted by molar-refractivity contribution is 0.0755. The van der Waals surface area contributed by atoms with Crippen molar-refractivity contribution < 1.29 is 4.79 Å². The van der Waals surface area contributed by atoms with E-state index in [2.05, 4.69) is 9.88 Å². The predicted molar refractivity (Wildman–Crippen MR) is 75.0 cm³/mol. The molecule has 1 aromatic heterocycles. The Bertz CT molecular complexity index is 435. The van der Waals surface area contributed by atoms with Crippen LogP contribution >= 0.6 is 0 Å². The van der Waals surface area contributed by atoms with E-state index in [1.165, 1.54) is 0 Å². The SMILES string of the molecule is Cc1cccc(C(=O)N2CCCN(CCN)CC2)n1. The van der Waals surface area contributed by atoms with Gasteiger partial charge in [-0.05, 0) is 32.0 Å². The van der Waals surface area contributed by atoms with Gasteiger partial charge >= 0.3 is 0 Å². The fourth-order valence-electron chi connectivity index (χ4n) is 2.40. The maximum absolute atomic E-state index is 12.4. The lowest BCUT2D eigenvalue weighted by Gasteiger charge is -2.21. The molecule has 1 amide bonds. The Morgan fingerprint density at radius 2 is 2.16 bits per heavy atom. The highest BCUT2D eigenvalue weighted by molar-refractivity contribution is 5.92. The molecule has 5 heteroatoms. The van der Waals surface area contributed by atoms with Crippen LogP contribution in [0.3, 0.4) is 0 Å². The zero-order valence-corrected chi connectivity index (χ0v) is 11.5. The molecule has 1 fully saturated rings. The number of aromatic nitrogens is 1. The van der Waals surface area contributed by atoms with Gasteiger partial charge in [0.1, 0.15) is 5.69 Å². The van der Waals surface area contributed by atoms with E-state index in [1.807, 2.05) is 24.0 Å². The summed E-state index contributed by atoms with van der Waals surface area (Å²) in [6.07, 6.45) is 0.998. The van der Waals surface area contributed by atoms with Crippen LogP contribution in [0.15, 0.2) is 18.2 Å². The quantitative estimate of drug-likeness (QED) is 0.861. The fourth-order valence-corrected chi connectivity index (χ4v) is 2.40. The molecule has 2 N–H and O–H groups in total. The molecule has 2 rings (SSSR count). The molecule has 2 heterocycles. The van der Waals surface area contributed by atoms with E-state index in [9.17, 15) is 4.79 Å². The topological polar surface area (TPSA) is 62.5 Å². The average Bonchev–Trinajstić information content (AvgIpc) is 2.64. The number of carbonyl (C=O) groups excluding carboxylic acids is 1. The lowest BCUT2D eigenvalue weighted by atomic mass is 10.2. The van der Waals surface area contributed by atoms with Crippen LogP contribution in [0.1, 0.15) is 22.6 Å². The van der Waals surface area contributed by atoms with Crippen LogP contribution in [-0.2, 0) is 0 Å². The van der Waals surface area contributed by atoms with Gasteiger partial charge in [0.2, 0.25) is 0 Å². The van der Waals surface area contributed by atoms with Gasteiger partial charge < -0.3 is 15.5 Å². The summed E-state index contributed by atoms with van der Waals surface area (Å²) < 4.78 is 0. The van der Waals surface area contributed by atoms with Crippen LogP contribution in [0.25, 0.3) is 0 Å². The van der Waals surface area contributed by atoms with Crippen molar-refractivity contribution in [3.05, 3.63) is 29.6 Å². The Labute approximate surface area is 114 Å². The van der Waals surface area contributed by atoms with E-state index in [-0.39, 0.29) is 5.91 Å². The normalized spacial score (nSPS) is 17.3. The second-order valence-corrected chi connectivity index (χ2v) is 4.94. The van der Waals surface area contributed by atoms with Crippen LogP contribution in [0.2, 0.25) is 0 Å². The number of nitrogens with two attached hydrogens (primary N) is 1. The molecule has 1 aromatic rings. The van der Waals surface area contributed by atoms with Crippen molar-refractivity contribution in [2.24, 2.45) is 5.73 Å². The van der Waals surface area contributed by atoms with Crippen molar-refractivity contribution in [2.45, 2.75) is 13.3 Å². The number of hydrogen-bond acceptors (Lipinski definition) is 4. The summed E-state index contributed by atoms with van der Waals surface area (Å²) in [6.45, 7) is 6.96. The van der Waals surface area contributed by atoms with Gasteiger partial charge in [0, 0.05) is 38.4 Å². The van der Waals surface area contributed by atoms with Crippen molar-refractivity contribution in [1.82, 2.24) is 14.8 Å². The van der Waals surface area contributed by atoms with Crippen LogP contribution in [-0.4, -0.2) is 60.0 Å². The van der Waals surface area contributed by atoms with Crippen molar-refractivity contribution in [2.75, 3.05) is 39.3 Å². The van der Waals surface area contributed by atoms with Gasteiger partial charge in [-0.15, -0.1) is 0 Å². The van der Waals surface area contributed by atoms with Gasteiger partial charge in [0.05, 0.1) is 0 Å². The number of rotatable bonds is 3. The summed E-state index contributed by atoms with van der Waals surface area (Å²) in [5, 5.41) is 0. The molecule has 0 unspecified atom stereocenters. The molecule has 1 saturated heterocycles. The van der Waals surface area contributed by atoms with Crippen LogP contribution in [0, 0.1) is 6.92 Å². The number of amides is 1. The Balaban J connectivity index is 2.00. The van der Waals surface area contributed by atoms with Crippen LogP contribution in [0.4, 0.5) is 0 Å². The molecule has 1 aliphatic rings. The number of pyridine rings is 1. The number of hydrogen-bond donors (Lipinski definition) is 1. The molecule has 19 heavy (non-hydrogen) atoms. The molecule has 0 saturated carbocycles. The first-order valence-electron chi connectivity index (χ1n) is 6.86. The molecule has 1 aliphatic heterocycles. The van der Waals surface area contributed by atoms with Crippen molar-refractivity contribution in [3.63, 3.8) is 0 Å². The van der Waals surface area contributed by atoms with E-state index in [0.717, 1.165) is 44.8 Å². The number of aryl methyl sites for hydroxylation is 1. The highest BCUT2D eigenvalue weighted by Crippen LogP contribution is 2.08. The lowest BCUT2D eigenvalue weighted by Crippen LogP contribution is -2.36. The maximum Gasteiger partial charge on any atom is 0.272 e.